The maximum Gasteiger partial charge on any atom is 0.271 e. The molecular weight excluding hydrogens is 258 g/mol. The lowest BCUT2D eigenvalue weighted by Crippen LogP contribution is -2.34. The first kappa shape index (κ1) is 12.2. The molecule has 1 aromatic heterocycles. The van der Waals surface area contributed by atoms with Crippen molar-refractivity contribution in [2.75, 3.05) is 5.33 Å². The highest BCUT2D eigenvalue weighted by molar-refractivity contribution is 9.09. The molecule has 0 saturated heterocycles. The molecule has 0 bridgehead atoms. The summed E-state index contributed by atoms with van der Waals surface area (Å²) in [6, 6.07) is 1.94. The monoisotopic (exact) mass is 273 g/mol. The van der Waals surface area contributed by atoms with Crippen LogP contribution < -0.4 is 5.32 Å². The molecule has 1 aromatic rings. The Kier molecular flexibility index (Phi) is 4.81. The maximum absolute atomic E-state index is 11.7. The van der Waals surface area contributed by atoms with E-state index in [2.05, 4.69) is 33.3 Å². The van der Waals surface area contributed by atoms with Gasteiger partial charge in [0.2, 0.25) is 0 Å². The van der Waals surface area contributed by atoms with E-state index in [-0.39, 0.29) is 11.9 Å². The van der Waals surface area contributed by atoms with Gasteiger partial charge in [0.15, 0.2) is 0 Å². The maximum atomic E-state index is 11.7. The van der Waals surface area contributed by atoms with Crippen molar-refractivity contribution in [3.63, 3.8) is 0 Å². The van der Waals surface area contributed by atoms with Crippen LogP contribution >= 0.6 is 15.9 Å². The molecule has 84 valence electrons. The van der Waals surface area contributed by atoms with Crippen molar-refractivity contribution in [3.05, 3.63) is 18.0 Å². The van der Waals surface area contributed by atoms with Crippen molar-refractivity contribution < 1.29 is 4.79 Å². The molecular formula is C10H16BrN3O. The molecule has 1 amide bonds. The average molecular weight is 274 g/mol. The number of halogens is 1. The first-order chi connectivity index (χ1) is 7.17. The smallest absolute Gasteiger partial charge is 0.271 e. The normalized spacial score (nSPS) is 12.5. The van der Waals surface area contributed by atoms with Crippen LogP contribution in [0.25, 0.3) is 0 Å². The number of aryl methyl sites for hydroxylation is 1. The fourth-order valence-electron chi connectivity index (χ4n) is 1.31. The molecule has 0 aliphatic heterocycles. The van der Waals surface area contributed by atoms with Gasteiger partial charge in [-0.05, 0) is 18.9 Å². The first-order valence-corrected chi connectivity index (χ1v) is 6.16. The van der Waals surface area contributed by atoms with E-state index in [4.69, 9.17) is 0 Å². The highest BCUT2D eigenvalue weighted by atomic mass is 79.9. The predicted octanol–water partition coefficient (Wildman–Crippen LogP) is 1.71. The van der Waals surface area contributed by atoms with E-state index in [0.717, 1.165) is 18.2 Å². The number of nitrogens with zero attached hydrogens (tertiary/aromatic N) is 2. The summed E-state index contributed by atoms with van der Waals surface area (Å²) in [4.78, 5) is 11.7. The van der Waals surface area contributed by atoms with Crippen molar-refractivity contribution >= 4 is 21.8 Å². The summed E-state index contributed by atoms with van der Waals surface area (Å²) >= 11 is 3.37. The summed E-state index contributed by atoms with van der Waals surface area (Å²) in [7, 11) is 1.80. The van der Waals surface area contributed by atoms with E-state index in [9.17, 15) is 4.79 Å². The van der Waals surface area contributed by atoms with E-state index in [0.29, 0.717) is 5.69 Å². The fourth-order valence-corrected chi connectivity index (χ4v) is 1.86. The van der Waals surface area contributed by atoms with Crippen LogP contribution in [0, 0.1) is 0 Å². The lowest BCUT2D eigenvalue weighted by molar-refractivity contribution is 0.0929. The molecule has 0 saturated carbocycles. The Morgan fingerprint density at radius 2 is 2.47 bits per heavy atom. The van der Waals surface area contributed by atoms with Gasteiger partial charge in [-0.2, -0.15) is 5.10 Å². The summed E-state index contributed by atoms with van der Waals surface area (Å²) in [6.45, 7) is 2.06. The fraction of sp³-hybridized carbons (Fsp3) is 0.600. The molecule has 5 heteroatoms. The zero-order valence-electron chi connectivity index (χ0n) is 9.03. The number of alkyl halides is 1. The van der Waals surface area contributed by atoms with Gasteiger partial charge in [0.05, 0.1) is 0 Å². The Bertz CT molecular complexity index is 324. The molecule has 1 atom stereocenters. The third kappa shape index (κ3) is 3.66. The first-order valence-electron chi connectivity index (χ1n) is 5.03. The molecule has 0 fully saturated rings. The molecule has 0 radical (unpaired) electrons. The van der Waals surface area contributed by atoms with Crippen LogP contribution in [0.1, 0.15) is 30.3 Å². The van der Waals surface area contributed by atoms with Crippen LogP contribution in [0.5, 0.6) is 0 Å². The second kappa shape index (κ2) is 5.90. The highest BCUT2D eigenvalue weighted by Gasteiger charge is 2.13. The van der Waals surface area contributed by atoms with Gasteiger partial charge in [-0.15, -0.1) is 0 Å². The molecule has 4 nitrogen and oxygen atoms in total. The summed E-state index contributed by atoms with van der Waals surface area (Å²) in [5, 5.41) is 7.90. The molecule has 1 heterocycles. The zero-order valence-corrected chi connectivity index (χ0v) is 10.6. The van der Waals surface area contributed by atoms with Crippen molar-refractivity contribution in [1.82, 2.24) is 15.1 Å². The number of rotatable bonds is 5. The Morgan fingerprint density at radius 3 is 2.93 bits per heavy atom. The number of hydrogen-bond donors (Lipinski definition) is 1. The number of aromatic nitrogens is 2. The minimum Gasteiger partial charge on any atom is -0.348 e. The molecule has 0 aromatic carbocycles. The van der Waals surface area contributed by atoms with Crippen LogP contribution in [-0.2, 0) is 7.05 Å². The van der Waals surface area contributed by atoms with Gasteiger partial charge in [0.25, 0.3) is 5.91 Å². The van der Waals surface area contributed by atoms with Crippen LogP contribution in [0.2, 0.25) is 0 Å². The minimum absolute atomic E-state index is 0.0941. The number of carbonyl (C=O) groups is 1. The third-order valence-electron chi connectivity index (χ3n) is 2.23. The van der Waals surface area contributed by atoms with Crippen molar-refractivity contribution in [2.45, 2.75) is 25.8 Å². The Balaban J connectivity index is 2.54. The second-order valence-electron chi connectivity index (χ2n) is 3.43. The van der Waals surface area contributed by atoms with Gasteiger partial charge in [0.1, 0.15) is 5.69 Å². The zero-order chi connectivity index (χ0) is 11.3. The summed E-state index contributed by atoms with van der Waals surface area (Å²) in [6.07, 6.45) is 3.64. The van der Waals surface area contributed by atoms with Gasteiger partial charge in [-0.3, -0.25) is 9.48 Å². The van der Waals surface area contributed by atoms with Gasteiger partial charge < -0.3 is 5.32 Å². The number of amides is 1. The number of carbonyl (C=O) groups excluding carboxylic acids is 1. The van der Waals surface area contributed by atoms with E-state index in [1.165, 1.54) is 0 Å². The van der Waals surface area contributed by atoms with E-state index in [1.807, 2.05) is 0 Å². The summed E-state index contributed by atoms with van der Waals surface area (Å²) < 4.78 is 1.63. The van der Waals surface area contributed by atoms with Crippen LogP contribution in [-0.4, -0.2) is 27.1 Å². The van der Waals surface area contributed by atoms with Crippen LogP contribution in [0.4, 0.5) is 0 Å². The third-order valence-corrected chi connectivity index (χ3v) is 2.69. The Morgan fingerprint density at radius 1 is 1.73 bits per heavy atom. The Hall–Kier alpha value is -0.840. The topological polar surface area (TPSA) is 46.9 Å². The van der Waals surface area contributed by atoms with E-state index < -0.39 is 0 Å². The molecule has 1 rings (SSSR count). The predicted molar refractivity (Wildman–Crippen MR) is 63.2 cm³/mol. The number of hydrogen-bond acceptors (Lipinski definition) is 2. The summed E-state index contributed by atoms with van der Waals surface area (Å²) in [5.74, 6) is -0.0941. The van der Waals surface area contributed by atoms with Crippen LogP contribution in [0.15, 0.2) is 12.3 Å². The minimum atomic E-state index is -0.0941. The number of nitrogens with one attached hydrogen (secondary N) is 1. The lowest BCUT2D eigenvalue weighted by atomic mass is 10.1. The molecule has 0 aliphatic carbocycles. The molecule has 15 heavy (non-hydrogen) atoms. The van der Waals surface area contributed by atoms with Crippen molar-refractivity contribution in [2.24, 2.45) is 7.05 Å². The van der Waals surface area contributed by atoms with Gasteiger partial charge in [-0.1, -0.05) is 22.9 Å². The van der Waals surface area contributed by atoms with Crippen molar-refractivity contribution in [3.8, 4) is 0 Å². The second-order valence-corrected chi connectivity index (χ2v) is 4.22. The van der Waals surface area contributed by atoms with E-state index in [1.54, 1.807) is 24.0 Å². The van der Waals surface area contributed by atoms with Crippen molar-refractivity contribution in [1.29, 1.82) is 0 Å². The quantitative estimate of drug-likeness (QED) is 0.831. The molecule has 0 aliphatic rings. The SMILES string of the molecule is CCC(CCBr)NC(=O)c1ccn(C)n1. The standard InChI is InChI=1S/C10H16BrN3O/c1-3-8(4-6-11)12-10(15)9-5-7-14(2)13-9/h5,7-8H,3-4,6H2,1-2H3,(H,12,15). The van der Waals surface area contributed by atoms with Gasteiger partial charge in [0, 0.05) is 24.6 Å². The van der Waals surface area contributed by atoms with Gasteiger partial charge >= 0.3 is 0 Å². The molecule has 1 unspecified atom stereocenters. The molecule has 0 spiro atoms. The lowest BCUT2D eigenvalue weighted by Gasteiger charge is -2.14. The summed E-state index contributed by atoms with van der Waals surface area (Å²) in [5.41, 5.74) is 0.477. The van der Waals surface area contributed by atoms with Crippen LogP contribution in [0.3, 0.4) is 0 Å². The highest BCUT2D eigenvalue weighted by Crippen LogP contribution is 2.02. The van der Waals surface area contributed by atoms with Gasteiger partial charge in [-0.25, -0.2) is 0 Å². The van der Waals surface area contributed by atoms with E-state index >= 15 is 0 Å². The largest absolute Gasteiger partial charge is 0.348 e. The average Bonchev–Trinajstić information content (AvgIpc) is 2.64. The Labute approximate surface area is 98.2 Å². The molecule has 1 N–H and O–H groups in total.